The zero-order valence-corrected chi connectivity index (χ0v) is 12.1. The van der Waals surface area contributed by atoms with Crippen LogP contribution in [-0.2, 0) is 6.54 Å². The number of aliphatic hydroxyl groups is 1. The number of rotatable bonds is 5. The summed E-state index contributed by atoms with van der Waals surface area (Å²) in [5.41, 5.74) is 8.06. The van der Waals surface area contributed by atoms with Crippen LogP contribution in [0.2, 0.25) is 0 Å². The molecule has 0 spiro atoms. The molecule has 0 saturated carbocycles. The predicted octanol–water partition coefficient (Wildman–Crippen LogP) is 2.55. The third kappa shape index (κ3) is 3.47. The Morgan fingerprint density at radius 3 is 2.17 bits per heavy atom. The van der Waals surface area contributed by atoms with E-state index in [9.17, 15) is 5.11 Å². The maximum absolute atomic E-state index is 10.2. The Labute approximate surface area is 110 Å². The van der Waals surface area contributed by atoms with Crippen LogP contribution in [0.5, 0.6) is 5.75 Å². The van der Waals surface area contributed by atoms with Crippen LogP contribution in [0.25, 0.3) is 0 Å². The molecule has 3 nitrogen and oxygen atoms in total. The summed E-state index contributed by atoms with van der Waals surface area (Å²) in [6.07, 6.45) is 0. The lowest BCUT2D eigenvalue weighted by Crippen LogP contribution is -2.38. The second-order valence-electron chi connectivity index (χ2n) is 5.56. The molecule has 1 rings (SSSR count). The Hall–Kier alpha value is -1.06. The minimum absolute atomic E-state index is 0.154. The first-order chi connectivity index (χ1) is 8.27. The van der Waals surface area contributed by atoms with Crippen molar-refractivity contribution in [1.29, 1.82) is 0 Å². The van der Waals surface area contributed by atoms with E-state index in [1.54, 1.807) is 6.92 Å². The molecule has 0 aliphatic rings. The summed E-state index contributed by atoms with van der Waals surface area (Å²) in [5.74, 6) is 1.01. The quantitative estimate of drug-likeness (QED) is 0.845. The van der Waals surface area contributed by atoms with E-state index in [1.807, 2.05) is 39.8 Å². The molecule has 0 amide bonds. The number of ether oxygens (including phenoxy) is 1. The van der Waals surface area contributed by atoms with Gasteiger partial charge in [0.25, 0.3) is 0 Å². The molecule has 18 heavy (non-hydrogen) atoms. The van der Waals surface area contributed by atoms with Gasteiger partial charge in [-0.1, -0.05) is 26.0 Å². The van der Waals surface area contributed by atoms with Gasteiger partial charge in [0.2, 0.25) is 0 Å². The van der Waals surface area contributed by atoms with Crippen molar-refractivity contribution in [1.82, 2.24) is 0 Å². The molecule has 1 atom stereocenters. The number of aryl methyl sites for hydroxylation is 2. The largest absolute Gasteiger partial charge is 0.490 e. The number of hydrogen-bond acceptors (Lipinski definition) is 3. The van der Waals surface area contributed by atoms with E-state index in [0.717, 1.165) is 22.4 Å². The fourth-order valence-corrected chi connectivity index (χ4v) is 1.77. The van der Waals surface area contributed by atoms with E-state index < -0.39 is 5.60 Å². The van der Waals surface area contributed by atoms with Crippen LogP contribution in [0.15, 0.2) is 12.1 Å². The second kappa shape index (κ2) is 5.72. The smallest absolute Gasteiger partial charge is 0.125 e. The molecule has 1 aromatic rings. The average Bonchev–Trinajstić information content (AvgIpc) is 2.27. The minimum atomic E-state index is -0.814. The van der Waals surface area contributed by atoms with E-state index in [2.05, 4.69) is 0 Å². The molecule has 0 aliphatic heterocycles. The standard InChI is InChI=1S/C15H25NO2/c1-10(2)15(5,17)9-18-14-11(3)6-13(8-16)7-12(14)4/h6-7,10,17H,8-9,16H2,1-5H3. The molecule has 0 fully saturated rings. The van der Waals surface area contributed by atoms with E-state index in [0.29, 0.717) is 13.2 Å². The van der Waals surface area contributed by atoms with E-state index in [4.69, 9.17) is 10.5 Å². The average molecular weight is 251 g/mol. The Bertz CT molecular complexity index is 388. The van der Waals surface area contributed by atoms with Crippen LogP contribution in [-0.4, -0.2) is 17.3 Å². The minimum Gasteiger partial charge on any atom is -0.490 e. The highest BCUT2D eigenvalue weighted by atomic mass is 16.5. The molecule has 1 unspecified atom stereocenters. The highest BCUT2D eigenvalue weighted by molar-refractivity contribution is 5.43. The fourth-order valence-electron chi connectivity index (χ4n) is 1.77. The molecular formula is C15H25NO2. The Morgan fingerprint density at radius 1 is 1.28 bits per heavy atom. The third-order valence-electron chi connectivity index (χ3n) is 3.51. The van der Waals surface area contributed by atoms with Crippen LogP contribution in [0.3, 0.4) is 0 Å². The van der Waals surface area contributed by atoms with Crippen LogP contribution < -0.4 is 10.5 Å². The number of hydrogen-bond donors (Lipinski definition) is 2. The predicted molar refractivity (Wildman–Crippen MR) is 74.8 cm³/mol. The topological polar surface area (TPSA) is 55.5 Å². The van der Waals surface area contributed by atoms with E-state index in [1.165, 1.54) is 0 Å². The molecule has 0 saturated heterocycles. The zero-order chi connectivity index (χ0) is 13.9. The van der Waals surface area contributed by atoms with Crippen molar-refractivity contribution in [2.45, 2.75) is 46.8 Å². The molecule has 3 N–H and O–H groups in total. The highest BCUT2D eigenvalue weighted by Gasteiger charge is 2.26. The normalized spacial score (nSPS) is 14.7. The van der Waals surface area contributed by atoms with Gasteiger partial charge in [-0.25, -0.2) is 0 Å². The first-order valence-corrected chi connectivity index (χ1v) is 6.43. The maximum atomic E-state index is 10.2. The van der Waals surface area contributed by atoms with Gasteiger partial charge in [-0.2, -0.15) is 0 Å². The summed E-state index contributed by atoms with van der Waals surface area (Å²) in [6.45, 7) is 10.6. The van der Waals surface area contributed by atoms with Crippen LogP contribution in [0.4, 0.5) is 0 Å². The van der Waals surface area contributed by atoms with Gasteiger partial charge in [0.05, 0.1) is 5.60 Å². The molecule has 3 heteroatoms. The molecule has 0 heterocycles. The molecule has 1 aromatic carbocycles. The lowest BCUT2D eigenvalue weighted by Gasteiger charge is -2.28. The van der Waals surface area contributed by atoms with Crippen LogP contribution in [0.1, 0.15) is 37.5 Å². The molecule has 102 valence electrons. The molecule has 0 radical (unpaired) electrons. The van der Waals surface area contributed by atoms with Gasteiger partial charge in [-0.15, -0.1) is 0 Å². The monoisotopic (exact) mass is 251 g/mol. The third-order valence-corrected chi connectivity index (χ3v) is 3.51. The van der Waals surface area contributed by atoms with Crippen LogP contribution >= 0.6 is 0 Å². The van der Waals surface area contributed by atoms with Crippen molar-refractivity contribution in [3.05, 3.63) is 28.8 Å². The van der Waals surface area contributed by atoms with Crippen molar-refractivity contribution in [3.63, 3.8) is 0 Å². The SMILES string of the molecule is Cc1cc(CN)cc(C)c1OCC(C)(O)C(C)C. The summed E-state index contributed by atoms with van der Waals surface area (Å²) in [5, 5.41) is 10.2. The van der Waals surface area contributed by atoms with Crippen molar-refractivity contribution >= 4 is 0 Å². The van der Waals surface area contributed by atoms with Crippen molar-refractivity contribution < 1.29 is 9.84 Å². The molecular weight excluding hydrogens is 226 g/mol. The number of nitrogens with two attached hydrogens (primary N) is 1. The lowest BCUT2D eigenvalue weighted by molar-refractivity contribution is -0.0269. The van der Waals surface area contributed by atoms with E-state index >= 15 is 0 Å². The molecule has 0 aliphatic carbocycles. The lowest BCUT2D eigenvalue weighted by atomic mass is 9.93. The highest BCUT2D eigenvalue weighted by Crippen LogP contribution is 2.26. The van der Waals surface area contributed by atoms with Gasteiger partial charge in [-0.05, 0) is 43.4 Å². The van der Waals surface area contributed by atoms with Gasteiger partial charge in [-0.3, -0.25) is 0 Å². The Kier molecular flexibility index (Phi) is 4.77. The van der Waals surface area contributed by atoms with Gasteiger partial charge >= 0.3 is 0 Å². The molecule has 0 bridgehead atoms. The maximum Gasteiger partial charge on any atom is 0.125 e. The molecule has 0 aromatic heterocycles. The van der Waals surface area contributed by atoms with E-state index in [-0.39, 0.29) is 5.92 Å². The van der Waals surface area contributed by atoms with Crippen molar-refractivity contribution in [3.8, 4) is 5.75 Å². The van der Waals surface area contributed by atoms with Crippen LogP contribution in [0, 0.1) is 19.8 Å². The first kappa shape index (κ1) is 15.0. The van der Waals surface area contributed by atoms with Gasteiger partial charge in [0.15, 0.2) is 0 Å². The second-order valence-corrected chi connectivity index (χ2v) is 5.56. The first-order valence-electron chi connectivity index (χ1n) is 6.43. The Morgan fingerprint density at radius 2 is 1.78 bits per heavy atom. The van der Waals surface area contributed by atoms with Gasteiger partial charge < -0.3 is 15.6 Å². The summed E-state index contributed by atoms with van der Waals surface area (Å²) in [6, 6.07) is 4.07. The summed E-state index contributed by atoms with van der Waals surface area (Å²) >= 11 is 0. The summed E-state index contributed by atoms with van der Waals surface area (Å²) in [7, 11) is 0. The van der Waals surface area contributed by atoms with Crippen molar-refractivity contribution in [2.75, 3.05) is 6.61 Å². The number of benzene rings is 1. The fraction of sp³-hybridized carbons (Fsp3) is 0.600. The Balaban J connectivity index is 2.86. The van der Waals surface area contributed by atoms with Gasteiger partial charge in [0, 0.05) is 6.54 Å². The summed E-state index contributed by atoms with van der Waals surface area (Å²) < 4.78 is 5.80. The summed E-state index contributed by atoms with van der Waals surface area (Å²) in [4.78, 5) is 0. The van der Waals surface area contributed by atoms with Gasteiger partial charge in [0.1, 0.15) is 12.4 Å². The zero-order valence-electron chi connectivity index (χ0n) is 12.1. The van der Waals surface area contributed by atoms with Crippen molar-refractivity contribution in [2.24, 2.45) is 11.7 Å².